The van der Waals surface area contributed by atoms with Gasteiger partial charge in [0, 0.05) is 25.2 Å². The minimum Gasteiger partial charge on any atom is -0.490 e. The van der Waals surface area contributed by atoms with E-state index in [4.69, 9.17) is 10.5 Å². The van der Waals surface area contributed by atoms with E-state index < -0.39 is 0 Å². The molecule has 3 N–H and O–H groups in total. The van der Waals surface area contributed by atoms with Gasteiger partial charge in [0.05, 0.1) is 6.10 Å². The van der Waals surface area contributed by atoms with Crippen LogP contribution in [0.5, 0.6) is 5.75 Å². The highest BCUT2D eigenvalue weighted by molar-refractivity contribution is 5.72. The van der Waals surface area contributed by atoms with Crippen LogP contribution in [0.4, 0.5) is 4.79 Å². The molecule has 1 aromatic rings. The lowest BCUT2D eigenvalue weighted by molar-refractivity contribution is 0.182. The Labute approximate surface area is 150 Å². The second-order valence-corrected chi connectivity index (χ2v) is 7.32. The maximum absolute atomic E-state index is 11.2. The number of carbonyl (C=O) groups excluding carboxylic acids is 1. The lowest BCUT2D eigenvalue weighted by atomic mass is 9.99. The number of hydrogen-bond acceptors (Lipinski definition) is 3. The van der Waals surface area contributed by atoms with Crippen LogP contribution in [-0.4, -0.2) is 36.2 Å². The highest BCUT2D eigenvalue weighted by atomic mass is 16.5. The average Bonchev–Trinajstić information content (AvgIpc) is 3.14. The third-order valence-corrected chi connectivity index (χ3v) is 5.54. The maximum Gasteiger partial charge on any atom is 0.314 e. The molecule has 0 radical (unpaired) electrons. The Morgan fingerprint density at radius 2 is 1.84 bits per heavy atom. The van der Waals surface area contributed by atoms with E-state index in [0.717, 1.165) is 38.1 Å². The van der Waals surface area contributed by atoms with Crippen LogP contribution in [0, 0.1) is 0 Å². The monoisotopic (exact) mass is 345 g/mol. The molecule has 0 spiro atoms. The van der Waals surface area contributed by atoms with Crippen molar-refractivity contribution >= 4 is 6.03 Å². The van der Waals surface area contributed by atoms with Gasteiger partial charge in [-0.25, -0.2) is 4.79 Å². The molecule has 1 atom stereocenters. The zero-order valence-electron chi connectivity index (χ0n) is 15.2. The molecule has 25 heavy (non-hydrogen) atoms. The molecular weight excluding hydrogens is 314 g/mol. The number of primary amides is 1. The molecule has 1 saturated carbocycles. The number of urea groups is 1. The normalized spacial score (nSPS) is 20.6. The summed E-state index contributed by atoms with van der Waals surface area (Å²) in [5.74, 6) is 0.986. The highest BCUT2D eigenvalue weighted by Gasteiger charge is 2.23. The van der Waals surface area contributed by atoms with Gasteiger partial charge in [-0.2, -0.15) is 0 Å². The summed E-state index contributed by atoms with van der Waals surface area (Å²) in [6, 6.07) is 9.05. The lowest BCUT2D eigenvalue weighted by Crippen LogP contribution is -2.47. The Bertz CT molecular complexity index is 547. The molecule has 1 aliphatic heterocycles. The van der Waals surface area contributed by atoms with Crippen molar-refractivity contribution in [3.63, 3.8) is 0 Å². The Balaban J connectivity index is 1.53. The number of nitrogens with two attached hydrogens (primary N) is 1. The van der Waals surface area contributed by atoms with Gasteiger partial charge in [-0.05, 0) is 62.6 Å². The summed E-state index contributed by atoms with van der Waals surface area (Å²) in [7, 11) is 0. The number of rotatable bonds is 6. The van der Waals surface area contributed by atoms with Gasteiger partial charge in [0.15, 0.2) is 0 Å². The standard InChI is InChI=1S/C20H31N3O2/c1-2-19(22-16-11-13-23(14-12-16)20(21)24)15-7-9-18(10-8-15)25-17-5-3-4-6-17/h7-10,16-17,19,22H,2-6,11-14H2,1H3,(H2,21,24)/t19-/m1/s1. The number of piperidine rings is 1. The van der Waals surface area contributed by atoms with Crippen molar-refractivity contribution in [1.82, 2.24) is 10.2 Å². The SMILES string of the molecule is CC[C@@H](NC1CCN(C(N)=O)CC1)c1ccc(OC2CCCC2)cc1. The number of carbonyl (C=O) groups is 1. The predicted molar refractivity (Wildman–Crippen MR) is 99.7 cm³/mol. The lowest BCUT2D eigenvalue weighted by Gasteiger charge is -2.33. The summed E-state index contributed by atoms with van der Waals surface area (Å²) < 4.78 is 6.06. The van der Waals surface area contributed by atoms with E-state index in [1.54, 1.807) is 4.90 Å². The number of amides is 2. The van der Waals surface area contributed by atoms with E-state index in [-0.39, 0.29) is 6.03 Å². The molecule has 2 fully saturated rings. The van der Waals surface area contributed by atoms with Crippen molar-refractivity contribution in [2.75, 3.05) is 13.1 Å². The molecule has 0 bridgehead atoms. The predicted octanol–water partition coefficient (Wildman–Crippen LogP) is 3.59. The minimum atomic E-state index is -0.302. The third-order valence-electron chi connectivity index (χ3n) is 5.54. The smallest absolute Gasteiger partial charge is 0.314 e. The van der Waals surface area contributed by atoms with Gasteiger partial charge in [0.1, 0.15) is 5.75 Å². The Morgan fingerprint density at radius 3 is 2.40 bits per heavy atom. The molecule has 1 heterocycles. The van der Waals surface area contributed by atoms with Crippen LogP contribution < -0.4 is 15.8 Å². The van der Waals surface area contributed by atoms with Crippen molar-refractivity contribution in [2.24, 2.45) is 5.73 Å². The van der Waals surface area contributed by atoms with E-state index in [1.807, 2.05) is 0 Å². The first-order valence-corrected chi connectivity index (χ1v) is 9.72. The van der Waals surface area contributed by atoms with Crippen molar-refractivity contribution in [2.45, 2.75) is 70.1 Å². The summed E-state index contributed by atoms with van der Waals surface area (Å²) in [5, 5.41) is 3.75. The van der Waals surface area contributed by atoms with Crippen molar-refractivity contribution in [1.29, 1.82) is 0 Å². The largest absolute Gasteiger partial charge is 0.490 e. The number of benzene rings is 1. The summed E-state index contributed by atoms with van der Waals surface area (Å²) in [6.45, 7) is 3.70. The number of nitrogens with zero attached hydrogens (tertiary/aromatic N) is 1. The minimum absolute atomic E-state index is 0.302. The Morgan fingerprint density at radius 1 is 1.20 bits per heavy atom. The van der Waals surface area contributed by atoms with Gasteiger partial charge in [-0.3, -0.25) is 0 Å². The third kappa shape index (κ3) is 4.88. The Hall–Kier alpha value is -1.75. The van der Waals surface area contributed by atoms with Crippen molar-refractivity contribution in [3.05, 3.63) is 29.8 Å². The van der Waals surface area contributed by atoms with E-state index in [2.05, 4.69) is 36.5 Å². The summed E-state index contributed by atoms with van der Waals surface area (Å²) in [4.78, 5) is 13.0. The summed E-state index contributed by atoms with van der Waals surface area (Å²) >= 11 is 0. The zero-order chi connectivity index (χ0) is 17.6. The maximum atomic E-state index is 11.2. The molecule has 1 aromatic carbocycles. The van der Waals surface area contributed by atoms with E-state index in [1.165, 1.54) is 31.2 Å². The van der Waals surface area contributed by atoms with Crippen LogP contribution in [0.1, 0.15) is 63.5 Å². The van der Waals surface area contributed by atoms with Crippen LogP contribution in [0.3, 0.4) is 0 Å². The fourth-order valence-electron chi connectivity index (χ4n) is 3.98. The molecule has 1 aliphatic carbocycles. The van der Waals surface area contributed by atoms with Gasteiger partial charge in [-0.15, -0.1) is 0 Å². The van der Waals surface area contributed by atoms with Crippen LogP contribution in [0.2, 0.25) is 0 Å². The van der Waals surface area contributed by atoms with Gasteiger partial charge >= 0.3 is 6.03 Å². The second-order valence-electron chi connectivity index (χ2n) is 7.32. The molecule has 5 heteroatoms. The van der Waals surface area contributed by atoms with Gasteiger partial charge in [-0.1, -0.05) is 19.1 Å². The number of nitrogens with one attached hydrogen (secondary N) is 1. The van der Waals surface area contributed by atoms with Gasteiger partial charge in [0.25, 0.3) is 0 Å². The molecule has 3 rings (SSSR count). The topological polar surface area (TPSA) is 67.6 Å². The summed E-state index contributed by atoms with van der Waals surface area (Å²) in [5.41, 5.74) is 6.66. The van der Waals surface area contributed by atoms with E-state index >= 15 is 0 Å². The van der Waals surface area contributed by atoms with Crippen molar-refractivity contribution < 1.29 is 9.53 Å². The fourth-order valence-corrected chi connectivity index (χ4v) is 3.98. The van der Waals surface area contributed by atoms with Crippen LogP contribution in [-0.2, 0) is 0 Å². The zero-order valence-corrected chi connectivity index (χ0v) is 15.2. The fraction of sp³-hybridized carbons (Fsp3) is 0.650. The quantitative estimate of drug-likeness (QED) is 0.828. The van der Waals surface area contributed by atoms with Crippen LogP contribution >= 0.6 is 0 Å². The van der Waals surface area contributed by atoms with E-state index in [9.17, 15) is 4.79 Å². The highest BCUT2D eigenvalue weighted by Crippen LogP contribution is 2.26. The number of hydrogen-bond donors (Lipinski definition) is 2. The average molecular weight is 345 g/mol. The molecule has 0 aromatic heterocycles. The molecule has 2 aliphatic rings. The van der Waals surface area contributed by atoms with Crippen molar-refractivity contribution in [3.8, 4) is 5.75 Å². The molecule has 138 valence electrons. The van der Waals surface area contributed by atoms with E-state index in [0.29, 0.717) is 18.2 Å². The molecule has 5 nitrogen and oxygen atoms in total. The molecule has 2 amide bonds. The van der Waals surface area contributed by atoms with Crippen LogP contribution in [0.15, 0.2) is 24.3 Å². The Kier molecular flexibility index (Phi) is 6.19. The van der Waals surface area contributed by atoms with Gasteiger partial charge < -0.3 is 20.7 Å². The number of ether oxygens (including phenoxy) is 1. The van der Waals surface area contributed by atoms with Gasteiger partial charge in [0.2, 0.25) is 0 Å². The number of likely N-dealkylation sites (tertiary alicyclic amines) is 1. The molecule has 0 unspecified atom stereocenters. The molecular formula is C20H31N3O2. The second kappa shape index (κ2) is 8.56. The summed E-state index contributed by atoms with van der Waals surface area (Å²) in [6.07, 6.45) is 8.32. The van der Waals surface area contributed by atoms with Crippen LogP contribution in [0.25, 0.3) is 0 Å². The molecule has 1 saturated heterocycles. The first-order chi connectivity index (χ1) is 12.2. The first kappa shape index (κ1) is 18.1. The first-order valence-electron chi connectivity index (χ1n) is 9.72.